The average Bonchev–Trinajstić information content (AvgIpc) is 3.15. The van der Waals surface area contributed by atoms with Gasteiger partial charge in [-0.3, -0.25) is 9.48 Å². The van der Waals surface area contributed by atoms with Gasteiger partial charge in [0.1, 0.15) is 0 Å². The van der Waals surface area contributed by atoms with Crippen LogP contribution in [0, 0.1) is 6.92 Å². The van der Waals surface area contributed by atoms with Gasteiger partial charge in [-0.2, -0.15) is 10.1 Å². The van der Waals surface area contributed by atoms with Gasteiger partial charge < -0.3 is 9.64 Å². The van der Waals surface area contributed by atoms with Crippen LogP contribution in [0.4, 0.5) is 5.95 Å². The zero-order valence-electron chi connectivity index (χ0n) is 13.7. The molecule has 1 aliphatic heterocycles. The standard InChI is InChI=1S/C16H21N5O2/c1-11-7-15(23-3)19-16(18-11)21-6-4-5-13(21)8-14(22)12-9-17-20(2)10-12/h7,9-10,13H,4-6,8H2,1-3H3. The third kappa shape index (κ3) is 3.33. The number of hydrogen-bond donors (Lipinski definition) is 0. The molecule has 1 unspecified atom stereocenters. The molecule has 2 aromatic heterocycles. The Labute approximate surface area is 135 Å². The van der Waals surface area contributed by atoms with E-state index >= 15 is 0 Å². The van der Waals surface area contributed by atoms with Crippen LogP contribution in [-0.2, 0) is 7.05 Å². The highest BCUT2D eigenvalue weighted by atomic mass is 16.5. The van der Waals surface area contributed by atoms with Crippen molar-refractivity contribution in [3.63, 3.8) is 0 Å². The third-order valence-electron chi connectivity index (χ3n) is 4.11. The fourth-order valence-electron chi connectivity index (χ4n) is 2.97. The minimum atomic E-state index is 0.106. The highest BCUT2D eigenvalue weighted by Gasteiger charge is 2.29. The number of aryl methyl sites for hydroxylation is 2. The molecule has 0 bridgehead atoms. The van der Waals surface area contributed by atoms with Crippen LogP contribution in [-0.4, -0.2) is 45.2 Å². The Balaban J connectivity index is 1.77. The molecule has 1 aliphatic rings. The molecular weight excluding hydrogens is 294 g/mol. The third-order valence-corrected chi connectivity index (χ3v) is 4.11. The maximum absolute atomic E-state index is 12.4. The fourth-order valence-corrected chi connectivity index (χ4v) is 2.97. The lowest BCUT2D eigenvalue weighted by Crippen LogP contribution is -2.32. The minimum Gasteiger partial charge on any atom is -0.481 e. The number of aromatic nitrogens is 4. The lowest BCUT2D eigenvalue weighted by Gasteiger charge is -2.24. The van der Waals surface area contributed by atoms with Gasteiger partial charge in [0.05, 0.1) is 18.9 Å². The molecule has 0 aliphatic carbocycles. The van der Waals surface area contributed by atoms with E-state index in [4.69, 9.17) is 4.74 Å². The van der Waals surface area contributed by atoms with Gasteiger partial charge in [0.25, 0.3) is 0 Å². The smallest absolute Gasteiger partial charge is 0.229 e. The number of carbonyl (C=O) groups excluding carboxylic acids is 1. The molecule has 1 fully saturated rings. The zero-order valence-corrected chi connectivity index (χ0v) is 13.7. The number of ketones is 1. The van der Waals surface area contributed by atoms with Gasteiger partial charge in [-0.05, 0) is 19.8 Å². The highest BCUT2D eigenvalue weighted by molar-refractivity contribution is 5.96. The summed E-state index contributed by atoms with van der Waals surface area (Å²) in [4.78, 5) is 23.5. The summed E-state index contributed by atoms with van der Waals surface area (Å²) in [5.74, 6) is 1.30. The normalized spacial score (nSPS) is 17.5. The van der Waals surface area contributed by atoms with Gasteiger partial charge in [-0.25, -0.2) is 4.98 Å². The second kappa shape index (κ2) is 6.36. The van der Waals surface area contributed by atoms with E-state index in [1.165, 1.54) is 0 Å². The Morgan fingerprint density at radius 1 is 1.43 bits per heavy atom. The monoisotopic (exact) mass is 315 g/mol. The van der Waals surface area contributed by atoms with Gasteiger partial charge >= 0.3 is 0 Å². The lowest BCUT2D eigenvalue weighted by molar-refractivity contribution is 0.0974. The number of Topliss-reactive ketones (excluding diaryl/α,β-unsaturated/α-hetero) is 1. The number of ether oxygens (including phenoxy) is 1. The number of nitrogens with zero attached hydrogens (tertiary/aromatic N) is 5. The van der Waals surface area contributed by atoms with E-state index in [0.29, 0.717) is 23.8 Å². The summed E-state index contributed by atoms with van der Waals surface area (Å²) in [6.45, 7) is 2.77. The van der Waals surface area contributed by atoms with Crippen LogP contribution >= 0.6 is 0 Å². The van der Waals surface area contributed by atoms with Gasteiger partial charge in [0.15, 0.2) is 5.78 Å². The Morgan fingerprint density at radius 3 is 2.96 bits per heavy atom. The van der Waals surface area contributed by atoms with Crippen molar-refractivity contribution in [1.29, 1.82) is 0 Å². The lowest BCUT2D eigenvalue weighted by atomic mass is 10.0. The SMILES string of the molecule is COc1cc(C)nc(N2CCCC2CC(=O)c2cnn(C)c2)n1. The Kier molecular flexibility index (Phi) is 4.27. The quantitative estimate of drug-likeness (QED) is 0.783. The van der Waals surface area contributed by atoms with Crippen molar-refractivity contribution in [3.05, 3.63) is 29.7 Å². The second-order valence-electron chi connectivity index (χ2n) is 5.87. The van der Waals surface area contributed by atoms with Crippen molar-refractivity contribution in [2.24, 2.45) is 7.05 Å². The van der Waals surface area contributed by atoms with Crippen molar-refractivity contribution in [1.82, 2.24) is 19.7 Å². The first-order valence-electron chi connectivity index (χ1n) is 7.75. The molecule has 122 valence electrons. The maximum atomic E-state index is 12.4. The molecule has 23 heavy (non-hydrogen) atoms. The number of rotatable bonds is 5. The molecule has 0 N–H and O–H groups in total. The predicted molar refractivity (Wildman–Crippen MR) is 85.8 cm³/mol. The average molecular weight is 315 g/mol. The van der Waals surface area contributed by atoms with Crippen LogP contribution in [0.3, 0.4) is 0 Å². The molecule has 7 nitrogen and oxygen atoms in total. The summed E-state index contributed by atoms with van der Waals surface area (Å²) in [7, 11) is 3.41. The molecular formula is C16H21N5O2. The first-order valence-corrected chi connectivity index (χ1v) is 7.75. The van der Waals surface area contributed by atoms with E-state index in [1.807, 2.05) is 14.0 Å². The molecule has 0 radical (unpaired) electrons. The van der Waals surface area contributed by atoms with Crippen molar-refractivity contribution >= 4 is 11.7 Å². The molecule has 0 aromatic carbocycles. The fraction of sp³-hybridized carbons (Fsp3) is 0.500. The maximum Gasteiger partial charge on any atom is 0.229 e. The molecule has 1 saturated heterocycles. The molecule has 0 spiro atoms. The molecule has 3 heterocycles. The van der Waals surface area contributed by atoms with Crippen LogP contribution in [0.5, 0.6) is 5.88 Å². The zero-order chi connectivity index (χ0) is 16.4. The second-order valence-corrected chi connectivity index (χ2v) is 5.87. The molecule has 2 aromatic rings. The van der Waals surface area contributed by atoms with Crippen LogP contribution in [0.1, 0.15) is 35.3 Å². The summed E-state index contributed by atoms with van der Waals surface area (Å²) in [6, 6.07) is 1.92. The number of hydrogen-bond acceptors (Lipinski definition) is 6. The predicted octanol–water partition coefficient (Wildman–Crippen LogP) is 1.77. The van der Waals surface area contributed by atoms with Crippen LogP contribution in [0.2, 0.25) is 0 Å². The molecule has 3 rings (SSSR count). The van der Waals surface area contributed by atoms with Crippen molar-refractivity contribution < 1.29 is 9.53 Å². The van der Waals surface area contributed by atoms with E-state index in [0.717, 1.165) is 25.1 Å². The van der Waals surface area contributed by atoms with Gasteiger partial charge in [-0.1, -0.05) is 0 Å². The largest absolute Gasteiger partial charge is 0.481 e. The summed E-state index contributed by atoms with van der Waals surface area (Å²) in [6.07, 6.45) is 5.82. The first kappa shape index (κ1) is 15.5. The minimum absolute atomic E-state index is 0.106. The summed E-state index contributed by atoms with van der Waals surface area (Å²) >= 11 is 0. The van der Waals surface area contributed by atoms with Crippen LogP contribution in [0.15, 0.2) is 18.5 Å². The van der Waals surface area contributed by atoms with Gasteiger partial charge in [-0.15, -0.1) is 0 Å². The topological polar surface area (TPSA) is 73.1 Å². The molecule has 7 heteroatoms. The van der Waals surface area contributed by atoms with E-state index < -0.39 is 0 Å². The number of anilines is 1. The molecule has 0 amide bonds. The van der Waals surface area contributed by atoms with Crippen molar-refractivity contribution in [3.8, 4) is 5.88 Å². The Bertz CT molecular complexity index is 712. The van der Waals surface area contributed by atoms with Crippen LogP contribution in [0.25, 0.3) is 0 Å². The summed E-state index contributed by atoms with van der Waals surface area (Å²) < 4.78 is 6.87. The van der Waals surface area contributed by atoms with Gasteiger partial charge in [0, 0.05) is 44.0 Å². The van der Waals surface area contributed by atoms with E-state index in [-0.39, 0.29) is 11.8 Å². The molecule has 0 saturated carbocycles. The Hall–Kier alpha value is -2.44. The number of carbonyl (C=O) groups is 1. The van der Waals surface area contributed by atoms with Crippen LogP contribution < -0.4 is 9.64 Å². The summed E-state index contributed by atoms with van der Waals surface area (Å²) in [5.41, 5.74) is 1.51. The van der Waals surface area contributed by atoms with E-state index in [2.05, 4.69) is 20.0 Å². The summed E-state index contributed by atoms with van der Waals surface area (Å²) in [5, 5.41) is 4.06. The van der Waals surface area contributed by atoms with Crippen molar-refractivity contribution in [2.75, 3.05) is 18.6 Å². The van der Waals surface area contributed by atoms with Gasteiger partial charge in [0.2, 0.25) is 11.8 Å². The number of methoxy groups -OCH3 is 1. The molecule has 1 atom stereocenters. The van der Waals surface area contributed by atoms with E-state index in [9.17, 15) is 4.79 Å². The van der Waals surface area contributed by atoms with Crippen molar-refractivity contribution in [2.45, 2.75) is 32.2 Å². The highest BCUT2D eigenvalue weighted by Crippen LogP contribution is 2.27. The first-order chi connectivity index (χ1) is 11.1. The van der Waals surface area contributed by atoms with E-state index in [1.54, 1.807) is 30.3 Å². The Morgan fingerprint density at radius 2 is 2.26 bits per heavy atom.